The van der Waals surface area contributed by atoms with Gasteiger partial charge in [-0.15, -0.1) is 5.10 Å². The van der Waals surface area contributed by atoms with E-state index in [9.17, 15) is 4.79 Å². The minimum atomic E-state index is -0.368. The molecular formula is C10H9BrN4O2. The first kappa shape index (κ1) is 11.6. The Bertz CT molecular complexity index is 567. The molecule has 17 heavy (non-hydrogen) atoms. The minimum absolute atomic E-state index is 0.0572. The molecule has 1 amide bonds. The van der Waals surface area contributed by atoms with Gasteiger partial charge in [0.2, 0.25) is 5.89 Å². The number of nitrogens with zero attached hydrogens (tertiary/aromatic N) is 2. The normalized spacial score (nSPS) is 10.2. The number of hydrogen-bond acceptors (Lipinski definition) is 5. The maximum Gasteiger partial charge on any atom is 0.322 e. The number of carbonyl (C=O) groups is 1. The molecule has 7 heteroatoms. The van der Waals surface area contributed by atoms with Crippen molar-refractivity contribution in [2.45, 2.75) is 6.92 Å². The Hall–Kier alpha value is -1.89. The summed E-state index contributed by atoms with van der Waals surface area (Å²) in [6.07, 6.45) is 0. The van der Waals surface area contributed by atoms with E-state index in [0.29, 0.717) is 21.6 Å². The molecule has 0 saturated heterocycles. The average molecular weight is 297 g/mol. The van der Waals surface area contributed by atoms with E-state index in [1.54, 1.807) is 25.1 Å². The fraction of sp³-hybridized carbons (Fsp3) is 0.100. The number of anilines is 2. The highest BCUT2D eigenvalue weighted by Crippen LogP contribution is 2.20. The van der Waals surface area contributed by atoms with E-state index in [0.717, 1.165) is 0 Å². The molecule has 2 rings (SSSR count). The van der Waals surface area contributed by atoms with Crippen LogP contribution in [0.4, 0.5) is 11.7 Å². The SMILES string of the molecule is Cc1nnc(NC(=O)c2cc(N)ccc2Br)o1. The van der Waals surface area contributed by atoms with Gasteiger partial charge in [-0.1, -0.05) is 5.10 Å². The molecule has 0 aliphatic carbocycles. The number of halogens is 1. The fourth-order valence-corrected chi connectivity index (χ4v) is 1.66. The van der Waals surface area contributed by atoms with Gasteiger partial charge in [-0.05, 0) is 34.1 Å². The van der Waals surface area contributed by atoms with Crippen molar-refractivity contribution in [3.8, 4) is 0 Å². The smallest absolute Gasteiger partial charge is 0.322 e. The zero-order valence-electron chi connectivity index (χ0n) is 8.90. The number of aromatic nitrogens is 2. The predicted molar refractivity (Wildman–Crippen MR) is 65.5 cm³/mol. The van der Waals surface area contributed by atoms with Crippen LogP contribution in [0.3, 0.4) is 0 Å². The lowest BCUT2D eigenvalue weighted by Crippen LogP contribution is -2.13. The zero-order chi connectivity index (χ0) is 12.4. The minimum Gasteiger partial charge on any atom is -0.408 e. The Morgan fingerprint density at radius 1 is 1.47 bits per heavy atom. The van der Waals surface area contributed by atoms with Crippen molar-refractivity contribution >= 4 is 33.5 Å². The van der Waals surface area contributed by atoms with Crippen molar-refractivity contribution in [1.82, 2.24) is 10.2 Å². The molecule has 0 atom stereocenters. The van der Waals surface area contributed by atoms with Gasteiger partial charge in [0.25, 0.3) is 5.91 Å². The van der Waals surface area contributed by atoms with Gasteiger partial charge >= 0.3 is 6.01 Å². The summed E-state index contributed by atoms with van der Waals surface area (Å²) in [4.78, 5) is 11.9. The lowest BCUT2D eigenvalue weighted by molar-refractivity contribution is 0.102. The standard InChI is InChI=1S/C10H9BrN4O2/c1-5-14-15-10(17-5)13-9(16)7-4-6(12)2-3-8(7)11/h2-4H,12H2,1H3,(H,13,15,16). The fourth-order valence-electron chi connectivity index (χ4n) is 1.23. The highest BCUT2D eigenvalue weighted by atomic mass is 79.9. The molecule has 0 aliphatic heterocycles. The highest BCUT2D eigenvalue weighted by molar-refractivity contribution is 9.10. The van der Waals surface area contributed by atoms with Crippen LogP contribution in [0.5, 0.6) is 0 Å². The monoisotopic (exact) mass is 296 g/mol. The maximum atomic E-state index is 11.9. The van der Waals surface area contributed by atoms with E-state index in [4.69, 9.17) is 10.2 Å². The summed E-state index contributed by atoms with van der Waals surface area (Å²) < 4.78 is 5.68. The molecule has 1 heterocycles. The third-order valence-electron chi connectivity index (χ3n) is 1.98. The second-order valence-corrected chi connectivity index (χ2v) is 4.17. The summed E-state index contributed by atoms with van der Waals surface area (Å²) >= 11 is 3.27. The Labute approximate surface area is 105 Å². The first-order chi connectivity index (χ1) is 8.06. The second kappa shape index (κ2) is 4.54. The van der Waals surface area contributed by atoms with Crippen LogP contribution in [0.25, 0.3) is 0 Å². The summed E-state index contributed by atoms with van der Waals surface area (Å²) in [5.41, 5.74) is 6.51. The van der Waals surface area contributed by atoms with Crippen molar-refractivity contribution in [2.75, 3.05) is 11.1 Å². The topological polar surface area (TPSA) is 94.0 Å². The molecule has 0 saturated carbocycles. The Balaban J connectivity index is 2.22. The van der Waals surface area contributed by atoms with Crippen LogP contribution >= 0.6 is 15.9 Å². The molecule has 6 nitrogen and oxygen atoms in total. The summed E-state index contributed by atoms with van der Waals surface area (Å²) in [5.74, 6) is 0.0137. The summed E-state index contributed by atoms with van der Waals surface area (Å²) in [6, 6.07) is 5.01. The first-order valence-corrected chi connectivity index (χ1v) is 5.52. The first-order valence-electron chi connectivity index (χ1n) is 4.73. The van der Waals surface area contributed by atoms with E-state index in [-0.39, 0.29) is 11.9 Å². The largest absolute Gasteiger partial charge is 0.408 e. The van der Waals surface area contributed by atoms with Crippen molar-refractivity contribution in [2.24, 2.45) is 0 Å². The lowest BCUT2D eigenvalue weighted by Gasteiger charge is -2.04. The van der Waals surface area contributed by atoms with E-state index in [1.807, 2.05) is 0 Å². The van der Waals surface area contributed by atoms with Gasteiger partial charge in [-0.25, -0.2) is 0 Å². The molecule has 0 fully saturated rings. The number of rotatable bonds is 2. The summed E-state index contributed by atoms with van der Waals surface area (Å²) in [6.45, 7) is 1.64. The second-order valence-electron chi connectivity index (χ2n) is 3.32. The predicted octanol–water partition coefficient (Wildman–Crippen LogP) is 1.98. The number of hydrogen-bond donors (Lipinski definition) is 2. The van der Waals surface area contributed by atoms with Crippen LogP contribution in [-0.4, -0.2) is 16.1 Å². The maximum absolute atomic E-state index is 11.9. The Kier molecular flexibility index (Phi) is 3.10. The van der Waals surface area contributed by atoms with E-state index in [1.165, 1.54) is 0 Å². The van der Waals surface area contributed by atoms with Crippen LogP contribution in [0.1, 0.15) is 16.2 Å². The quantitative estimate of drug-likeness (QED) is 0.826. The van der Waals surface area contributed by atoms with E-state index < -0.39 is 0 Å². The molecule has 3 N–H and O–H groups in total. The van der Waals surface area contributed by atoms with Crippen LogP contribution in [0.15, 0.2) is 27.1 Å². The van der Waals surface area contributed by atoms with Crippen LogP contribution in [-0.2, 0) is 0 Å². The van der Waals surface area contributed by atoms with Crippen LogP contribution < -0.4 is 11.1 Å². The lowest BCUT2D eigenvalue weighted by atomic mass is 10.2. The number of aryl methyl sites for hydroxylation is 1. The van der Waals surface area contributed by atoms with Crippen LogP contribution in [0, 0.1) is 6.92 Å². The van der Waals surface area contributed by atoms with Crippen molar-refractivity contribution in [3.05, 3.63) is 34.1 Å². The van der Waals surface area contributed by atoms with E-state index in [2.05, 4.69) is 31.4 Å². The van der Waals surface area contributed by atoms with Gasteiger partial charge < -0.3 is 10.2 Å². The summed E-state index contributed by atoms with van der Waals surface area (Å²) in [5, 5.41) is 9.76. The van der Waals surface area contributed by atoms with Gasteiger partial charge in [0.15, 0.2) is 0 Å². The molecule has 0 radical (unpaired) electrons. The molecule has 0 aliphatic rings. The van der Waals surface area contributed by atoms with Gasteiger partial charge in [0, 0.05) is 17.1 Å². The molecule has 2 aromatic rings. The third kappa shape index (κ3) is 2.62. The molecule has 0 bridgehead atoms. The van der Waals surface area contributed by atoms with Crippen molar-refractivity contribution < 1.29 is 9.21 Å². The molecule has 0 spiro atoms. The molecule has 1 aromatic carbocycles. The van der Waals surface area contributed by atoms with E-state index >= 15 is 0 Å². The molecular weight excluding hydrogens is 288 g/mol. The number of carbonyl (C=O) groups excluding carboxylic acids is 1. The molecule has 88 valence electrons. The number of amides is 1. The number of nitrogen functional groups attached to an aromatic ring is 1. The van der Waals surface area contributed by atoms with Gasteiger partial charge in [-0.2, -0.15) is 0 Å². The van der Waals surface area contributed by atoms with Crippen molar-refractivity contribution in [3.63, 3.8) is 0 Å². The molecule has 1 aromatic heterocycles. The number of nitrogens with one attached hydrogen (secondary N) is 1. The summed E-state index contributed by atoms with van der Waals surface area (Å²) in [7, 11) is 0. The number of benzene rings is 1. The van der Waals surface area contributed by atoms with Crippen LogP contribution in [0.2, 0.25) is 0 Å². The van der Waals surface area contributed by atoms with Gasteiger partial charge in [0.1, 0.15) is 0 Å². The van der Waals surface area contributed by atoms with Gasteiger partial charge in [-0.3, -0.25) is 10.1 Å². The Morgan fingerprint density at radius 3 is 2.88 bits per heavy atom. The number of nitrogens with two attached hydrogens (primary N) is 1. The third-order valence-corrected chi connectivity index (χ3v) is 2.67. The van der Waals surface area contributed by atoms with Crippen molar-refractivity contribution in [1.29, 1.82) is 0 Å². The molecule has 0 unspecified atom stereocenters. The Morgan fingerprint density at radius 2 is 2.24 bits per heavy atom. The average Bonchev–Trinajstić information content (AvgIpc) is 2.67. The zero-order valence-corrected chi connectivity index (χ0v) is 10.5. The van der Waals surface area contributed by atoms with Gasteiger partial charge in [0.05, 0.1) is 5.56 Å². The highest BCUT2D eigenvalue weighted by Gasteiger charge is 2.13.